The molecule has 0 radical (unpaired) electrons. The molecule has 0 aliphatic heterocycles. The number of carbonyl (C=O) groups is 2. The number of benzene rings is 2. The monoisotopic (exact) mass is 537 g/mol. The van der Waals surface area contributed by atoms with Crippen molar-refractivity contribution in [2.45, 2.75) is 39.2 Å². The number of sulfonamides is 1. The van der Waals surface area contributed by atoms with Crippen molar-refractivity contribution in [3.05, 3.63) is 64.6 Å². The Labute approximate surface area is 205 Å². The predicted molar refractivity (Wildman–Crippen MR) is 136 cm³/mol. The molecule has 0 unspecified atom stereocenters. The highest BCUT2D eigenvalue weighted by Crippen LogP contribution is 2.27. The number of hydrogen-bond donors (Lipinski definition) is 1. The quantitative estimate of drug-likeness (QED) is 0.419. The molecular formula is C24H32BrN3O4S. The summed E-state index contributed by atoms with van der Waals surface area (Å²) in [5.41, 5.74) is 1.40. The first-order chi connectivity index (χ1) is 15.6. The summed E-state index contributed by atoms with van der Waals surface area (Å²) in [5.74, 6) is -0.693. The van der Waals surface area contributed by atoms with Crippen LogP contribution in [-0.2, 0) is 26.0 Å². The van der Waals surface area contributed by atoms with Gasteiger partial charge in [0.2, 0.25) is 21.8 Å². The Morgan fingerprint density at radius 1 is 1.06 bits per heavy atom. The highest BCUT2D eigenvalue weighted by Gasteiger charge is 2.30. The molecule has 0 bridgehead atoms. The molecule has 0 saturated carbocycles. The van der Waals surface area contributed by atoms with Crippen molar-refractivity contribution >= 4 is 43.5 Å². The minimum Gasteiger partial charge on any atom is -0.354 e. The lowest BCUT2D eigenvalue weighted by Crippen LogP contribution is -2.52. The minimum atomic E-state index is -3.74. The summed E-state index contributed by atoms with van der Waals surface area (Å²) in [5, 5.41) is 2.87. The van der Waals surface area contributed by atoms with E-state index in [0.29, 0.717) is 29.7 Å². The zero-order chi connectivity index (χ0) is 24.4. The lowest BCUT2D eigenvalue weighted by Gasteiger charge is -2.31. The maximum atomic E-state index is 13.4. The average Bonchev–Trinajstić information content (AvgIpc) is 2.78. The standard InChI is InChI=1S/C24H32BrN3O4S/c1-4-5-16-26-24(30)19(2)27(17-15-20-11-7-6-8-12-20)23(29)18-28(33(3,31)32)22-14-10-9-13-21(22)25/h6-14,19H,4-5,15-18H2,1-3H3,(H,26,30)/t19-/m1/s1. The molecule has 0 aromatic heterocycles. The van der Waals surface area contributed by atoms with Gasteiger partial charge in [-0.3, -0.25) is 13.9 Å². The maximum Gasteiger partial charge on any atom is 0.244 e. The van der Waals surface area contributed by atoms with Crippen molar-refractivity contribution in [3.63, 3.8) is 0 Å². The second kappa shape index (κ2) is 12.7. The Hall–Kier alpha value is -2.39. The molecule has 0 spiro atoms. The Balaban J connectivity index is 2.28. The third-order valence-electron chi connectivity index (χ3n) is 5.28. The van der Waals surface area contributed by atoms with Gasteiger partial charge in [-0.05, 0) is 53.4 Å². The number of para-hydroxylation sites is 1. The maximum absolute atomic E-state index is 13.4. The van der Waals surface area contributed by atoms with Gasteiger partial charge in [-0.2, -0.15) is 0 Å². The van der Waals surface area contributed by atoms with Crippen molar-refractivity contribution in [3.8, 4) is 0 Å². The lowest BCUT2D eigenvalue weighted by atomic mass is 10.1. The van der Waals surface area contributed by atoms with Crippen molar-refractivity contribution in [2.75, 3.05) is 30.2 Å². The second-order valence-electron chi connectivity index (χ2n) is 7.86. The van der Waals surface area contributed by atoms with Gasteiger partial charge in [-0.1, -0.05) is 55.8 Å². The van der Waals surface area contributed by atoms with E-state index in [4.69, 9.17) is 0 Å². The van der Waals surface area contributed by atoms with Crippen LogP contribution in [0, 0.1) is 0 Å². The second-order valence-corrected chi connectivity index (χ2v) is 10.6. The molecule has 2 rings (SSSR count). The molecule has 1 N–H and O–H groups in total. The van der Waals surface area contributed by atoms with Crippen LogP contribution in [0.4, 0.5) is 5.69 Å². The van der Waals surface area contributed by atoms with Crippen LogP contribution in [0.2, 0.25) is 0 Å². The molecule has 1 atom stereocenters. The van der Waals surface area contributed by atoms with Gasteiger partial charge in [-0.25, -0.2) is 8.42 Å². The van der Waals surface area contributed by atoms with Crippen LogP contribution in [0.5, 0.6) is 0 Å². The van der Waals surface area contributed by atoms with Gasteiger partial charge in [0.1, 0.15) is 12.6 Å². The smallest absolute Gasteiger partial charge is 0.244 e. The molecule has 33 heavy (non-hydrogen) atoms. The van der Waals surface area contributed by atoms with Crippen molar-refractivity contribution in [2.24, 2.45) is 0 Å². The molecule has 2 amide bonds. The minimum absolute atomic E-state index is 0.253. The van der Waals surface area contributed by atoms with E-state index in [9.17, 15) is 18.0 Å². The fraction of sp³-hybridized carbons (Fsp3) is 0.417. The molecule has 0 aliphatic carbocycles. The Morgan fingerprint density at radius 2 is 1.70 bits per heavy atom. The number of amides is 2. The molecule has 180 valence electrons. The largest absolute Gasteiger partial charge is 0.354 e. The summed E-state index contributed by atoms with van der Waals surface area (Å²) >= 11 is 3.37. The third-order valence-corrected chi connectivity index (χ3v) is 7.08. The summed E-state index contributed by atoms with van der Waals surface area (Å²) in [7, 11) is -3.74. The molecule has 2 aromatic rings. The number of carbonyl (C=O) groups excluding carboxylic acids is 2. The van der Waals surface area contributed by atoms with E-state index < -0.39 is 28.5 Å². The van der Waals surface area contributed by atoms with Gasteiger partial charge in [0.25, 0.3) is 0 Å². The average molecular weight is 539 g/mol. The van der Waals surface area contributed by atoms with E-state index in [1.165, 1.54) is 4.90 Å². The highest BCUT2D eigenvalue weighted by molar-refractivity contribution is 9.10. The molecule has 9 heteroatoms. The number of nitrogens with zero attached hydrogens (tertiary/aromatic N) is 2. The van der Waals surface area contributed by atoms with Gasteiger partial charge >= 0.3 is 0 Å². The third kappa shape index (κ3) is 8.16. The van der Waals surface area contributed by atoms with Crippen molar-refractivity contribution < 1.29 is 18.0 Å². The number of rotatable bonds is 12. The Bertz CT molecular complexity index is 1030. The molecule has 7 nitrogen and oxygen atoms in total. The lowest BCUT2D eigenvalue weighted by molar-refractivity contribution is -0.138. The fourth-order valence-electron chi connectivity index (χ4n) is 3.35. The number of halogens is 1. The number of anilines is 1. The zero-order valence-electron chi connectivity index (χ0n) is 19.3. The number of hydrogen-bond acceptors (Lipinski definition) is 4. The molecule has 0 fully saturated rings. The molecule has 0 heterocycles. The SMILES string of the molecule is CCCCNC(=O)[C@@H](C)N(CCc1ccccc1)C(=O)CN(c1ccccc1Br)S(C)(=O)=O. The predicted octanol–water partition coefficient (Wildman–Crippen LogP) is 3.59. The number of unbranched alkanes of at least 4 members (excludes halogenated alkanes) is 1. The van der Waals surface area contributed by atoms with Crippen LogP contribution < -0.4 is 9.62 Å². The van der Waals surface area contributed by atoms with E-state index in [2.05, 4.69) is 21.2 Å². The summed E-state index contributed by atoms with van der Waals surface area (Å²) in [4.78, 5) is 27.6. The summed E-state index contributed by atoms with van der Waals surface area (Å²) < 4.78 is 26.7. The molecule has 2 aromatic carbocycles. The van der Waals surface area contributed by atoms with Crippen LogP contribution >= 0.6 is 15.9 Å². The topological polar surface area (TPSA) is 86.8 Å². The molecular weight excluding hydrogens is 506 g/mol. The highest BCUT2D eigenvalue weighted by atomic mass is 79.9. The Kier molecular flexibility index (Phi) is 10.4. The van der Waals surface area contributed by atoms with E-state index in [-0.39, 0.29) is 5.91 Å². The van der Waals surface area contributed by atoms with E-state index in [1.807, 2.05) is 37.3 Å². The van der Waals surface area contributed by atoms with Crippen LogP contribution in [0.15, 0.2) is 59.1 Å². The normalized spacial score (nSPS) is 12.1. The summed E-state index contributed by atoms with van der Waals surface area (Å²) in [6.07, 6.45) is 3.41. The summed E-state index contributed by atoms with van der Waals surface area (Å²) in [6, 6.07) is 15.8. The van der Waals surface area contributed by atoms with Crippen LogP contribution in [0.1, 0.15) is 32.3 Å². The van der Waals surface area contributed by atoms with Gasteiger partial charge in [0.15, 0.2) is 0 Å². The van der Waals surface area contributed by atoms with Gasteiger partial charge in [0.05, 0.1) is 11.9 Å². The van der Waals surface area contributed by atoms with Gasteiger partial charge < -0.3 is 10.2 Å². The fourth-order valence-corrected chi connectivity index (χ4v) is 4.83. The zero-order valence-corrected chi connectivity index (χ0v) is 21.7. The molecule has 0 saturated heterocycles. The van der Waals surface area contributed by atoms with Crippen LogP contribution in [0.3, 0.4) is 0 Å². The van der Waals surface area contributed by atoms with Crippen LogP contribution in [-0.4, -0.2) is 57.1 Å². The van der Waals surface area contributed by atoms with E-state index in [1.54, 1.807) is 31.2 Å². The van der Waals surface area contributed by atoms with E-state index in [0.717, 1.165) is 29.0 Å². The van der Waals surface area contributed by atoms with E-state index >= 15 is 0 Å². The first kappa shape index (κ1) is 26.9. The Morgan fingerprint density at radius 3 is 2.30 bits per heavy atom. The van der Waals surface area contributed by atoms with Crippen molar-refractivity contribution in [1.82, 2.24) is 10.2 Å². The first-order valence-corrected chi connectivity index (χ1v) is 13.6. The molecule has 0 aliphatic rings. The first-order valence-electron chi connectivity index (χ1n) is 11.0. The van der Waals surface area contributed by atoms with Gasteiger partial charge in [0, 0.05) is 17.6 Å². The van der Waals surface area contributed by atoms with Crippen molar-refractivity contribution in [1.29, 1.82) is 0 Å². The summed E-state index contributed by atoms with van der Waals surface area (Å²) in [6.45, 7) is 4.13. The van der Waals surface area contributed by atoms with Gasteiger partial charge in [-0.15, -0.1) is 0 Å². The van der Waals surface area contributed by atoms with Crippen LogP contribution in [0.25, 0.3) is 0 Å². The number of nitrogens with one attached hydrogen (secondary N) is 1.